The Hall–Kier alpha value is -6.31. The molecule has 0 atom stereocenters. The van der Waals surface area contributed by atoms with E-state index in [9.17, 15) is 0 Å². The molecular weight excluding hydrogens is 615 g/mol. The standard InChI is InChI=1S/C50H41N/c1-5-17-38(18-6-2)42-31-43(33-44(32-42)48-34-41-22-13-14-23-45(41)46-24-15-16-25-47(46)48)39-27-29-40(30-28-39)50(36(4)37-20-10-8-11-21-37)51-49-26-12-7-9-19-35(49)3/h5-34H,1H2,2-4H3/b18-6-,38-17+,50-36+,51-49?. The van der Waals surface area contributed by atoms with Crippen molar-refractivity contribution in [3.63, 3.8) is 0 Å². The third kappa shape index (κ3) is 7.06. The quantitative estimate of drug-likeness (QED) is 0.0878. The second kappa shape index (κ2) is 15.1. The first-order valence-electron chi connectivity index (χ1n) is 17.5. The Bertz CT molecular complexity index is 2550. The van der Waals surface area contributed by atoms with Gasteiger partial charge in [-0.25, -0.2) is 4.99 Å². The minimum absolute atomic E-state index is 0.958. The van der Waals surface area contributed by atoms with E-state index in [1.807, 2.05) is 12.1 Å². The molecule has 0 N–H and O–H groups in total. The molecule has 7 aromatic carbocycles. The number of benzene rings is 6. The third-order valence-corrected chi connectivity index (χ3v) is 9.50. The molecule has 1 nitrogen and oxygen atoms in total. The third-order valence-electron chi connectivity index (χ3n) is 9.50. The summed E-state index contributed by atoms with van der Waals surface area (Å²) in [5.41, 5.74) is 12.4. The van der Waals surface area contributed by atoms with Gasteiger partial charge in [0, 0.05) is 5.56 Å². The molecule has 0 heterocycles. The Morgan fingerprint density at radius 1 is 0.569 bits per heavy atom. The molecule has 0 spiro atoms. The summed E-state index contributed by atoms with van der Waals surface area (Å²) in [6.07, 6.45) is 8.19. The highest BCUT2D eigenvalue weighted by atomic mass is 14.7. The van der Waals surface area contributed by atoms with Crippen molar-refractivity contribution in [2.45, 2.75) is 20.8 Å². The van der Waals surface area contributed by atoms with Gasteiger partial charge in [0.05, 0.1) is 11.1 Å². The Morgan fingerprint density at radius 3 is 1.96 bits per heavy atom. The number of hydrogen-bond acceptors (Lipinski definition) is 1. The van der Waals surface area contributed by atoms with Gasteiger partial charge in [-0.1, -0.05) is 158 Å². The lowest BCUT2D eigenvalue weighted by molar-refractivity contribution is 1.29. The Balaban J connectivity index is 1.42. The van der Waals surface area contributed by atoms with E-state index in [1.165, 1.54) is 32.7 Å². The average molecular weight is 656 g/mol. The Morgan fingerprint density at radius 2 is 1.22 bits per heavy atom. The van der Waals surface area contributed by atoms with Gasteiger partial charge in [-0.3, -0.25) is 0 Å². The fraction of sp³-hybridized carbons (Fsp3) is 0.0600. The summed E-state index contributed by atoms with van der Waals surface area (Å²) in [5, 5.41) is 5.96. The maximum Gasteiger partial charge on any atom is 0.0744 e. The van der Waals surface area contributed by atoms with Gasteiger partial charge < -0.3 is 0 Å². The van der Waals surface area contributed by atoms with Gasteiger partial charge in [0.15, 0.2) is 0 Å². The van der Waals surface area contributed by atoms with Crippen LogP contribution in [0.4, 0.5) is 0 Å². The van der Waals surface area contributed by atoms with Crippen LogP contribution in [-0.2, 0) is 0 Å². The molecule has 246 valence electrons. The molecular formula is C50H41N. The van der Waals surface area contributed by atoms with E-state index in [4.69, 9.17) is 4.99 Å². The highest BCUT2D eigenvalue weighted by Crippen LogP contribution is 2.39. The summed E-state index contributed by atoms with van der Waals surface area (Å²) in [6, 6.07) is 56.5. The zero-order chi connectivity index (χ0) is 35.2. The molecule has 0 aliphatic heterocycles. The summed E-state index contributed by atoms with van der Waals surface area (Å²) in [7, 11) is 0. The highest BCUT2D eigenvalue weighted by molar-refractivity contribution is 6.14. The number of hydrogen-bond donors (Lipinski definition) is 0. The van der Waals surface area contributed by atoms with Crippen LogP contribution in [0.1, 0.15) is 36.1 Å². The molecule has 7 aromatic rings. The van der Waals surface area contributed by atoms with Crippen LogP contribution in [0, 0.1) is 6.92 Å². The van der Waals surface area contributed by atoms with Gasteiger partial charge >= 0.3 is 0 Å². The van der Waals surface area contributed by atoms with E-state index in [-0.39, 0.29) is 0 Å². The smallest absolute Gasteiger partial charge is 0.0744 e. The van der Waals surface area contributed by atoms with Crippen molar-refractivity contribution < 1.29 is 0 Å². The van der Waals surface area contributed by atoms with E-state index in [0.29, 0.717) is 0 Å². The van der Waals surface area contributed by atoms with E-state index < -0.39 is 0 Å². The molecule has 0 radical (unpaired) electrons. The predicted octanol–water partition coefficient (Wildman–Crippen LogP) is 13.3. The SMILES string of the molecule is C=C/C=C(\C=C/C)c1cc(-c2ccc(/C(N=c3cccccc3C)=C(/C)c3ccccc3)cc2)cc(-c2cc3ccccc3c3ccccc23)c1. The molecule has 1 heteroatoms. The number of aryl methyl sites for hydroxylation is 1. The molecule has 0 amide bonds. The van der Waals surface area contributed by atoms with Crippen LogP contribution in [0.2, 0.25) is 0 Å². The van der Waals surface area contributed by atoms with Crippen LogP contribution in [0.3, 0.4) is 0 Å². The van der Waals surface area contributed by atoms with Gasteiger partial charge in [0.2, 0.25) is 0 Å². The van der Waals surface area contributed by atoms with Crippen molar-refractivity contribution >= 4 is 38.4 Å². The van der Waals surface area contributed by atoms with Crippen molar-refractivity contribution in [2.24, 2.45) is 4.99 Å². The summed E-state index contributed by atoms with van der Waals surface area (Å²) >= 11 is 0. The molecule has 0 saturated heterocycles. The molecule has 0 aromatic heterocycles. The summed E-state index contributed by atoms with van der Waals surface area (Å²) in [4.78, 5) is 5.29. The highest BCUT2D eigenvalue weighted by Gasteiger charge is 2.14. The summed E-state index contributed by atoms with van der Waals surface area (Å²) in [5.74, 6) is 0. The number of fused-ring (bicyclic) bond motifs is 3. The van der Waals surface area contributed by atoms with E-state index in [0.717, 1.165) is 55.6 Å². The Labute approximate surface area is 301 Å². The average Bonchev–Trinajstić information content (AvgIpc) is 3.39. The maximum absolute atomic E-state index is 5.29. The number of allylic oxidation sites excluding steroid dienone is 6. The van der Waals surface area contributed by atoms with E-state index in [1.54, 1.807) is 0 Å². The molecule has 0 unspecified atom stereocenters. The van der Waals surface area contributed by atoms with Crippen molar-refractivity contribution in [2.75, 3.05) is 0 Å². The second-order valence-corrected chi connectivity index (χ2v) is 12.9. The predicted molar refractivity (Wildman–Crippen MR) is 221 cm³/mol. The van der Waals surface area contributed by atoms with Crippen LogP contribution in [0.5, 0.6) is 0 Å². The molecule has 0 saturated carbocycles. The zero-order valence-corrected chi connectivity index (χ0v) is 29.5. The van der Waals surface area contributed by atoms with Crippen molar-refractivity contribution in [3.05, 3.63) is 216 Å². The minimum Gasteiger partial charge on any atom is -0.248 e. The zero-order valence-electron chi connectivity index (χ0n) is 29.5. The lowest BCUT2D eigenvalue weighted by Gasteiger charge is -2.15. The fourth-order valence-corrected chi connectivity index (χ4v) is 6.85. The van der Waals surface area contributed by atoms with Crippen molar-refractivity contribution in [1.82, 2.24) is 0 Å². The van der Waals surface area contributed by atoms with Gasteiger partial charge in [0.1, 0.15) is 0 Å². The molecule has 51 heavy (non-hydrogen) atoms. The van der Waals surface area contributed by atoms with Gasteiger partial charge in [-0.05, 0) is 123 Å². The molecule has 0 aliphatic carbocycles. The lowest BCUT2D eigenvalue weighted by atomic mass is 9.89. The van der Waals surface area contributed by atoms with Crippen LogP contribution in [0.25, 0.3) is 60.6 Å². The van der Waals surface area contributed by atoms with Crippen LogP contribution >= 0.6 is 0 Å². The van der Waals surface area contributed by atoms with E-state index >= 15 is 0 Å². The number of rotatable bonds is 8. The largest absolute Gasteiger partial charge is 0.248 e. The first-order valence-corrected chi connectivity index (χ1v) is 17.5. The minimum atomic E-state index is 0.958. The molecule has 7 rings (SSSR count). The first-order chi connectivity index (χ1) is 25.0. The first kappa shape index (κ1) is 33.2. The molecule has 0 fully saturated rings. The van der Waals surface area contributed by atoms with Crippen LogP contribution < -0.4 is 5.36 Å². The summed E-state index contributed by atoms with van der Waals surface area (Å²) in [6.45, 7) is 10.4. The van der Waals surface area contributed by atoms with Gasteiger partial charge in [-0.15, -0.1) is 0 Å². The maximum atomic E-state index is 5.29. The normalized spacial score (nSPS) is 12.8. The van der Waals surface area contributed by atoms with E-state index in [2.05, 4.69) is 197 Å². The van der Waals surface area contributed by atoms with Gasteiger partial charge in [0.25, 0.3) is 0 Å². The second-order valence-electron chi connectivity index (χ2n) is 12.9. The fourth-order valence-electron chi connectivity index (χ4n) is 6.85. The monoisotopic (exact) mass is 655 g/mol. The lowest BCUT2D eigenvalue weighted by Crippen LogP contribution is -2.04. The van der Waals surface area contributed by atoms with Gasteiger partial charge in [-0.2, -0.15) is 0 Å². The Kier molecular flexibility index (Phi) is 9.81. The number of nitrogens with zero attached hydrogens (tertiary/aromatic N) is 1. The molecule has 0 aliphatic rings. The summed E-state index contributed by atoms with van der Waals surface area (Å²) < 4.78 is 0. The topological polar surface area (TPSA) is 12.4 Å². The van der Waals surface area contributed by atoms with Crippen LogP contribution in [-0.4, -0.2) is 0 Å². The van der Waals surface area contributed by atoms with Crippen LogP contribution in [0.15, 0.2) is 194 Å². The van der Waals surface area contributed by atoms with Crippen molar-refractivity contribution in [1.29, 1.82) is 0 Å². The molecule has 0 bridgehead atoms. The van der Waals surface area contributed by atoms with Crippen molar-refractivity contribution in [3.8, 4) is 22.3 Å².